The Balaban J connectivity index is 2.07. The third-order valence-electron chi connectivity index (χ3n) is 3.06. The number of rotatable bonds is 6. The van der Waals surface area contributed by atoms with Crippen molar-refractivity contribution in [1.82, 2.24) is 0 Å². The van der Waals surface area contributed by atoms with Crippen molar-refractivity contribution in [2.75, 3.05) is 10.6 Å². The van der Waals surface area contributed by atoms with Crippen LogP contribution in [0.4, 0.5) is 11.4 Å². The van der Waals surface area contributed by atoms with Crippen LogP contribution in [0.15, 0.2) is 60.9 Å². The minimum atomic E-state index is 0.0244. The highest BCUT2D eigenvalue weighted by Gasteiger charge is 2.02. The van der Waals surface area contributed by atoms with Gasteiger partial charge in [-0.05, 0) is 36.8 Å². The highest BCUT2D eigenvalue weighted by molar-refractivity contribution is 5.97. The predicted octanol–water partition coefficient (Wildman–Crippen LogP) is 3.35. The van der Waals surface area contributed by atoms with Gasteiger partial charge in [-0.3, -0.25) is 5.41 Å². The number of nitrogen functional groups attached to an aromatic ring is 1. The number of hydrogen-bond donors (Lipinski definition) is 5. The van der Waals surface area contributed by atoms with Gasteiger partial charge in [0.05, 0.1) is 0 Å². The summed E-state index contributed by atoms with van der Waals surface area (Å²) in [4.78, 5) is 0. The molecule has 0 aliphatic carbocycles. The maximum Gasteiger partial charge on any atom is 0.122 e. The first-order chi connectivity index (χ1) is 10.5. The summed E-state index contributed by atoms with van der Waals surface area (Å²) in [6.45, 7) is 5.68. The zero-order valence-electron chi connectivity index (χ0n) is 12.4. The van der Waals surface area contributed by atoms with Crippen LogP contribution in [0.2, 0.25) is 0 Å². The largest absolute Gasteiger partial charge is 0.384 e. The van der Waals surface area contributed by atoms with Crippen LogP contribution >= 0.6 is 0 Å². The van der Waals surface area contributed by atoms with Gasteiger partial charge >= 0.3 is 0 Å². The molecule has 0 unspecified atom stereocenters. The Kier molecular flexibility index (Phi) is 4.58. The van der Waals surface area contributed by atoms with Gasteiger partial charge in [0.2, 0.25) is 0 Å². The van der Waals surface area contributed by atoms with Crippen LogP contribution in [0.5, 0.6) is 0 Å². The molecule has 2 aromatic rings. The van der Waals surface area contributed by atoms with Crippen molar-refractivity contribution in [2.24, 2.45) is 5.73 Å². The molecule has 0 saturated carbocycles. The quantitative estimate of drug-likeness (QED) is 0.417. The summed E-state index contributed by atoms with van der Waals surface area (Å²) in [7, 11) is 0. The molecular formula is C17H19N5. The monoisotopic (exact) mass is 293 g/mol. The van der Waals surface area contributed by atoms with Gasteiger partial charge in [0.25, 0.3) is 0 Å². The van der Waals surface area contributed by atoms with Gasteiger partial charge in [0.15, 0.2) is 0 Å². The number of nitrogens with two attached hydrogens (primary N) is 1. The lowest BCUT2D eigenvalue weighted by atomic mass is 10.1. The molecule has 0 amide bonds. The molecule has 2 aromatic carbocycles. The summed E-state index contributed by atoms with van der Waals surface area (Å²) >= 11 is 0. The van der Waals surface area contributed by atoms with E-state index >= 15 is 0 Å². The Morgan fingerprint density at radius 1 is 0.955 bits per heavy atom. The van der Waals surface area contributed by atoms with Gasteiger partial charge in [0.1, 0.15) is 11.7 Å². The van der Waals surface area contributed by atoms with E-state index in [-0.39, 0.29) is 5.84 Å². The lowest BCUT2D eigenvalue weighted by molar-refractivity contribution is 1.36. The van der Waals surface area contributed by atoms with Crippen LogP contribution in [0.3, 0.4) is 0 Å². The van der Waals surface area contributed by atoms with Gasteiger partial charge in [0, 0.05) is 22.6 Å². The highest BCUT2D eigenvalue weighted by atomic mass is 15.1. The van der Waals surface area contributed by atoms with Gasteiger partial charge in [-0.2, -0.15) is 0 Å². The average Bonchev–Trinajstić information content (AvgIpc) is 2.47. The predicted molar refractivity (Wildman–Crippen MR) is 92.8 cm³/mol. The zero-order valence-corrected chi connectivity index (χ0v) is 12.4. The number of benzene rings is 2. The molecule has 0 fully saturated rings. The Hall–Kier alpha value is -3.08. The minimum Gasteiger partial charge on any atom is -0.384 e. The fourth-order valence-corrected chi connectivity index (χ4v) is 1.97. The summed E-state index contributed by atoms with van der Waals surface area (Å²) in [5.74, 6) is 0.622. The van der Waals surface area contributed by atoms with Crippen molar-refractivity contribution in [3.8, 4) is 0 Å². The van der Waals surface area contributed by atoms with Crippen molar-refractivity contribution in [1.29, 1.82) is 10.8 Å². The topological polar surface area (TPSA) is 97.8 Å². The Morgan fingerprint density at radius 3 is 1.95 bits per heavy atom. The van der Waals surface area contributed by atoms with Crippen LogP contribution in [0.1, 0.15) is 18.1 Å². The van der Waals surface area contributed by atoms with E-state index in [0.29, 0.717) is 17.1 Å². The van der Waals surface area contributed by atoms with E-state index in [1.165, 1.54) is 0 Å². The second kappa shape index (κ2) is 6.58. The third kappa shape index (κ3) is 3.96. The molecular weight excluding hydrogens is 274 g/mol. The normalized spacial score (nSPS) is 9.86. The Morgan fingerprint density at radius 2 is 1.45 bits per heavy atom. The molecule has 5 heteroatoms. The summed E-state index contributed by atoms with van der Waals surface area (Å²) in [6, 6.07) is 14.8. The second-order valence-corrected chi connectivity index (χ2v) is 4.93. The lowest BCUT2D eigenvalue weighted by Crippen LogP contribution is -2.12. The number of anilines is 2. The highest BCUT2D eigenvalue weighted by Crippen LogP contribution is 2.16. The fourth-order valence-electron chi connectivity index (χ4n) is 1.97. The van der Waals surface area contributed by atoms with Gasteiger partial charge < -0.3 is 21.8 Å². The van der Waals surface area contributed by atoms with E-state index in [0.717, 1.165) is 16.9 Å². The number of nitrogens with one attached hydrogen (secondary N) is 4. The average molecular weight is 293 g/mol. The maximum atomic E-state index is 7.66. The molecule has 0 heterocycles. The first kappa shape index (κ1) is 15.3. The molecule has 0 saturated heterocycles. The van der Waals surface area contributed by atoms with E-state index in [2.05, 4.69) is 17.2 Å². The zero-order chi connectivity index (χ0) is 16.1. The fraction of sp³-hybridized carbons (Fsp3) is 0.0588. The maximum absolute atomic E-state index is 7.66. The second-order valence-electron chi connectivity index (χ2n) is 4.93. The smallest absolute Gasteiger partial charge is 0.122 e. The van der Waals surface area contributed by atoms with Crippen molar-refractivity contribution >= 4 is 22.9 Å². The number of amidine groups is 1. The summed E-state index contributed by atoms with van der Waals surface area (Å²) in [6.07, 6.45) is 0. The molecule has 22 heavy (non-hydrogen) atoms. The van der Waals surface area contributed by atoms with Crippen LogP contribution in [-0.4, -0.2) is 11.5 Å². The first-order valence-electron chi connectivity index (χ1n) is 6.78. The van der Waals surface area contributed by atoms with Crippen LogP contribution in [0.25, 0.3) is 0 Å². The summed E-state index contributed by atoms with van der Waals surface area (Å²) < 4.78 is 0. The molecule has 0 atom stereocenters. The van der Waals surface area contributed by atoms with E-state index in [4.69, 9.17) is 16.6 Å². The van der Waals surface area contributed by atoms with Crippen LogP contribution in [0, 0.1) is 10.8 Å². The minimum absolute atomic E-state index is 0.0244. The molecule has 0 spiro atoms. The van der Waals surface area contributed by atoms with Gasteiger partial charge in [-0.1, -0.05) is 30.8 Å². The van der Waals surface area contributed by atoms with Gasteiger partial charge in [-0.25, -0.2) is 0 Å². The third-order valence-corrected chi connectivity index (χ3v) is 3.06. The summed E-state index contributed by atoms with van der Waals surface area (Å²) in [5, 5.41) is 21.4. The first-order valence-corrected chi connectivity index (χ1v) is 6.78. The molecule has 112 valence electrons. The van der Waals surface area contributed by atoms with Crippen molar-refractivity contribution in [2.45, 2.75) is 6.92 Å². The molecule has 0 aromatic heterocycles. The van der Waals surface area contributed by atoms with Crippen molar-refractivity contribution in [3.05, 3.63) is 72.1 Å². The summed E-state index contributed by atoms with van der Waals surface area (Å²) in [5.41, 5.74) is 9.15. The van der Waals surface area contributed by atoms with Crippen LogP contribution < -0.4 is 16.4 Å². The van der Waals surface area contributed by atoms with Gasteiger partial charge in [-0.15, -0.1) is 0 Å². The molecule has 2 rings (SSSR count). The molecule has 0 aliphatic heterocycles. The molecule has 0 aliphatic rings. The van der Waals surface area contributed by atoms with E-state index in [1.807, 2.05) is 36.4 Å². The molecule has 6 N–H and O–H groups in total. The van der Waals surface area contributed by atoms with E-state index in [9.17, 15) is 0 Å². The molecule has 0 radical (unpaired) electrons. The Bertz CT molecular complexity index is 672. The lowest BCUT2D eigenvalue weighted by Gasteiger charge is -2.13. The molecule has 5 nitrogen and oxygen atoms in total. The molecule has 0 bridgehead atoms. The Labute approximate surface area is 129 Å². The van der Waals surface area contributed by atoms with E-state index in [1.54, 1.807) is 19.1 Å². The standard InChI is InChI=1S/C17H19N5/c1-11(18)13-5-3-7-15(9-13)21-12(2)22-16-8-4-6-14(10-16)17(19)20/h3-10,18,21-22H,2H2,1H3,(H3,19,20). The van der Waals surface area contributed by atoms with Crippen LogP contribution in [-0.2, 0) is 0 Å². The SMILES string of the molecule is C=C(Nc1cccc(C(C)=N)c1)Nc1cccc(C(=N)N)c1. The van der Waals surface area contributed by atoms with E-state index < -0.39 is 0 Å². The number of hydrogen-bond acceptors (Lipinski definition) is 4. The van der Waals surface area contributed by atoms with Crippen molar-refractivity contribution in [3.63, 3.8) is 0 Å². The van der Waals surface area contributed by atoms with Crippen molar-refractivity contribution < 1.29 is 0 Å².